The van der Waals surface area contributed by atoms with Crippen LogP contribution < -0.4 is 5.32 Å². The number of aliphatic carboxylic acids is 1. The molecule has 0 bridgehead atoms. The van der Waals surface area contributed by atoms with Gasteiger partial charge in [0.25, 0.3) is 0 Å². The highest BCUT2D eigenvalue weighted by molar-refractivity contribution is 5.85. The Labute approximate surface area is 204 Å². The Hall–Kier alpha value is -2.41. The van der Waals surface area contributed by atoms with Gasteiger partial charge in [-0.05, 0) is 36.7 Å². The van der Waals surface area contributed by atoms with Gasteiger partial charge in [0.05, 0.1) is 18.1 Å². The Morgan fingerprint density at radius 1 is 1.15 bits per heavy atom. The van der Waals surface area contributed by atoms with E-state index >= 15 is 0 Å². The maximum Gasteiger partial charge on any atom is 0.326 e. The first-order valence-corrected chi connectivity index (χ1v) is 12.6. The van der Waals surface area contributed by atoms with Crippen LogP contribution in [0.15, 0.2) is 30.3 Å². The number of amides is 2. The summed E-state index contributed by atoms with van der Waals surface area (Å²) in [5.41, 5.74) is 0.838. The van der Waals surface area contributed by atoms with Gasteiger partial charge in [-0.15, -0.1) is 0 Å². The highest BCUT2D eigenvalue weighted by Crippen LogP contribution is 2.28. The van der Waals surface area contributed by atoms with Gasteiger partial charge in [0.1, 0.15) is 6.04 Å². The summed E-state index contributed by atoms with van der Waals surface area (Å²) < 4.78 is 5.74. The number of nitrogens with one attached hydrogen (secondary N) is 1. The van der Waals surface area contributed by atoms with Crippen LogP contribution in [0.3, 0.4) is 0 Å². The van der Waals surface area contributed by atoms with Crippen molar-refractivity contribution >= 4 is 17.8 Å². The average Bonchev–Trinajstić information content (AvgIpc) is 3.29. The van der Waals surface area contributed by atoms with E-state index in [1.807, 2.05) is 35.2 Å². The molecule has 1 heterocycles. The van der Waals surface area contributed by atoms with E-state index in [4.69, 9.17) is 4.74 Å². The van der Waals surface area contributed by atoms with Crippen LogP contribution in [0.25, 0.3) is 0 Å². The lowest BCUT2D eigenvalue weighted by molar-refractivity contribution is -0.144. The van der Waals surface area contributed by atoms with E-state index in [1.165, 1.54) is 0 Å². The van der Waals surface area contributed by atoms with Crippen molar-refractivity contribution in [3.63, 3.8) is 0 Å². The lowest BCUT2D eigenvalue weighted by atomic mass is 9.91. The average molecular weight is 475 g/mol. The van der Waals surface area contributed by atoms with E-state index in [9.17, 15) is 19.5 Å². The molecule has 34 heavy (non-hydrogen) atoms. The van der Waals surface area contributed by atoms with Crippen LogP contribution in [0.2, 0.25) is 0 Å². The third kappa shape index (κ3) is 7.83. The van der Waals surface area contributed by atoms with Crippen molar-refractivity contribution in [2.75, 3.05) is 13.7 Å². The molecule has 1 fully saturated rings. The van der Waals surface area contributed by atoms with Crippen LogP contribution in [0.5, 0.6) is 0 Å². The Bertz CT molecular complexity index is 799. The summed E-state index contributed by atoms with van der Waals surface area (Å²) in [6, 6.07) is 8.01. The minimum absolute atomic E-state index is 0.112. The molecule has 1 aromatic rings. The summed E-state index contributed by atoms with van der Waals surface area (Å²) in [5.74, 6) is -1.05. The normalized spacial score (nSPS) is 20.3. The molecule has 1 aliphatic heterocycles. The molecule has 0 radical (unpaired) electrons. The van der Waals surface area contributed by atoms with E-state index in [-0.39, 0.29) is 24.3 Å². The van der Waals surface area contributed by atoms with Crippen LogP contribution in [0.1, 0.15) is 65.4 Å². The molecule has 6 atom stereocenters. The minimum atomic E-state index is -1.08. The molecule has 1 saturated heterocycles. The van der Waals surface area contributed by atoms with Crippen molar-refractivity contribution in [3.8, 4) is 0 Å². The molecule has 2 amide bonds. The monoisotopic (exact) mass is 474 g/mol. The van der Waals surface area contributed by atoms with Gasteiger partial charge in [0.2, 0.25) is 11.8 Å². The van der Waals surface area contributed by atoms with Gasteiger partial charge in [-0.25, -0.2) is 4.79 Å². The molecule has 0 unspecified atom stereocenters. The third-order valence-electron chi connectivity index (χ3n) is 7.10. The molecular formula is C27H42N2O5. The molecule has 190 valence electrons. The van der Waals surface area contributed by atoms with Crippen molar-refractivity contribution in [3.05, 3.63) is 35.9 Å². The molecule has 0 aliphatic carbocycles. The standard InChI is InChI=1S/C27H42N2O5/c1-6-18(2)15-19(3)16-24(30)29-14-10-13-23(29)25(34-5)20(4)26(31)28-22(27(32)33)17-21-11-8-7-9-12-21/h7-9,11-12,18-20,22-23,25H,6,10,13-17H2,1-5H3,(H,28,31)(H,32,33)/t18-,19-,20+,22-,23-,25+/m0/s1. The Morgan fingerprint density at radius 3 is 2.41 bits per heavy atom. The van der Waals surface area contributed by atoms with Gasteiger partial charge >= 0.3 is 5.97 Å². The Balaban J connectivity index is 2.04. The smallest absolute Gasteiger partial charge is 0.326 e. The third-order valence-corrected chi connectivity index (χ3v) is 7.10. The van der Waals surface area contributed by atoms with Gasteiger partial charge in [-0.2, -0.15) is 0 Å². The first-order chi connectivity index (χ1) is 16.2. The topological polar surface area (TPSA) is 95.9 Å². The second kappa shape index (κ2) is 13.5. The lowest BCUT2D eigenvalue weighted by Gasteiger charge is -2.34. The second-order valence-electron chi connectivity index (χ2n) is 9.93. The first-order valence-electron chi connectivity index (χ1n) is 12.6. The summed E-state index contributed by atoms with van der Waals surface area (Å²) in [5, 5.41) is 12.3. The van der Waals surface area contributed by atoms with Crippen LogP contribution in [0.4, 0.5) is 0 Å². The lowest BCUT2D eigenvalue weighted by Crippen LogP contribution is -2.52. The summed E-state index contributed by atoms with van der Waals surface area (Å²) in [7, 11) is 1.56. The van der Waals surface area contributed by atoms with Crippen molar-refractivity contribution in [2.45, 2.75) is 84.4 Å². The van der Waals surface area contributed by atoms with E-state index in [1.54, 1.807) is 14.0 Å². The zero-order chi connectivity index (χ0) is 25.3. The molecule has 0 aromatic heterocycles. The van der Waals surface area contributed by atoms with Crippen LogP contribution in [-0.2, 0) is 25.5 Å². The van der Waals surface area contributed by atoms with E-state index < -0.39 is 24.0 Å². The summed E-state index contributed by atoms with van der Waals surface area (Å²) in [6.07, 6.45) is 3.97. The largest absolute Gasteiger partial charge is 0.480 e. The first kappa shape index (κ1) is 27.8. The second-order valence-corrected chi connectivity index (χ2v) is 9.93. The number of carbonyl (C=O) groups excluding carboxylic acids is 2. The zero-order valence-electron chi connectivity index (χ0n) is 21.3. The van der Waals surface area contributed by atoms with Crippen LogP contribution in [-0.4, -0.2) is 59.6 Å². The van der Waals surface area contributed by atoms with Crippen LogP contribution in [0, 0.1) is 17.8 Å². The number of carboxylic acids is 1. The van der Waals surface area contributed by atoms with Crippen LogP contribution >= 0.6 is 0 Å². The van der Waals surface area contributed by atoms with Gasteiger partial charge in [-0.1, -0.05) is 64.4 Å². The summed E-state index contributed by atoms with van der Waals surface area (Å²) in [4.78, 5) is 39.8. The number of ether oxygens (including phenoxy) is 1. The van der Waals surface area contributed by atoms with E-state index in [2.05, 4.69) is 26.1 Å². The number of methoxy groups -OCH3 is 1. The van der Waals surface area contributed by atoms with Crippen molar-refractivity contribution in [1.29, 1.82) is 0 Å². The Morgan fingerprint density at radius 2 is 1.82 bits per heavy atom. The van der Waals surface area contributed by atoms with Crippen molar-refractivity contribution in [1.82, 2.24) is 10.2 Å². The molecule has 1 aromatic carbocycles. The maximum absolute atomic E-state index is 13.1. The Kier molecular flexibility index (Phi) is 11.0. The quantitative estimate of drug-likeness (QED) is 0.452. The number of likely N-dealkylation sites (tertiary alicyclic amines) is 1. The van der Waals surface area contributed by atoms with Gasteiger partial charge < -0.3 is 20.1 Å². The fraction of sp³-hybridized carbons (Fsp3) is 0.667. The number of rotatable bonds is 13. The van der Waals surface area contributed by atoms with E-state index in [0.717, 1.165) is 31.2 Å². The number of hydrogen-bond donors (Lipinski definition) is 2. The number of carbonyl (C=O) groups is 3. The summed E-state index contributed by atoms with van der Waals surface area (Å²) in [6.45, 7) is 8.91. The highest BCUT2D eigenvalue weighted by atomic mass is 16.5. The summed E-state index contributed by atoms with van der Waals surface area (Å²) >= 11 is 0. The highest BCUT2D eigenvalue weighted by Gasteiger charge is 2.40. The maximum atomic E-state index is 13.1. The molecule has 1 aliphatic rings. The fourth-order valence-corrected chi connectivity index (χ4v) is 4.99. The van der Waals surface area contributed by atoms with Crippen molar-refractivity contribution in [2.24, 2.45) is 17.8 Å². The molecule has 2 N–H and O–H groups in total. The van der Waals surface area contributed by atoms with Gasteiger partial charge in [0.15, 0.2) is 0 Å². The number of benzene rings is 1. The number of hydrogen-bond acceptors (Lipinski definition) is 4. The minimum Gasteiger partial charge on any atom is -0.480 e. The molecule has 7 nitrogen and oxygen atoms in total. The predicted molar refractivity (Wildman–Crippen MR) is 132 cm³/mol. The predicted octanol–water partition coefficient (Wildman–Crippen LogP) is 3.90. The SMILES string of the molecule is CC[C@H](C)C[C@H](C)CC(=O)N1CCC[C@H]1[C@H](OC)[C@@H](C)C(=O)N[C@@H](Cc1ccccc1)C(=O)O. The van der Waals surface area contributed by atoms with Gasteiger partial charge in [0, 0.05) is 26.5 Å². The molecular weight excluding hydrogens is 432 g/mol. The van der Waals surface area contributed by atoms with Crippen molar-refractivity contribution < 1.29 is 24.2 Å². The van der Waals surface area contributed by atoms with Gasteiger partial charge in [-0.3, -0.25) is 9.59 Å². The van der Waals surface area contributed by atoms with E-state index in [0.29, 0.717) is 24.8 Å². The fourth-order valence-electron chi connectivity index (χ4n) is 4.99. The number of nitrogens with zero attached hydrogens (tertiary/aromatic N) is 1. The molecule has 0 spiro atoms. The molecule has 0 saturated carbocycles. The zero-order valence-corrected chi connectivity index (χ0v) is 21.3. The molecule has 7 heteroatoms. The molecule has 2 rings (SSSR count). The number of carboxylic acid groups (broad SMARTS) is 1.